The number of aromatic nitrogens is 1. The molecule has 11 heteroatoms. The van der Waals surface area contributed by atoms with E-state index >= 15 is 0 Å². The molecule has 2 N–H and O–H groups in total. The van der Waals surface area contributed by atoms with Gasteiger partial charge in [-0.1, -0.05) is 58.2 Å². The largest absolute Gasteiger partial charge is 0.494 e. The fraction of sp³-hybridized carbons (Fsp3) is 0.450. The fourth-order valence-electron chi connectivity index (χ4n) is 4.01. The van der Waals surface area contributed by atoms with Crippen molar-refractivity contribution in [2.45, 2.75) is 94.6 Å². The van der Waals surface area contributed by atoms with E-state index < -0.39 is 0 Å². The number of nitrogens with one attached hydrogen (secondary N) is 1. The number of ketones is 1. The molecule has 1 heterocycles. The fourth-order valence-corrected chi connectivity index (χ4v) is 4.01. The summed E-state index contributed by atoms with van der Waals surface area (Å²) in [5, 5.41) is 11.1. The molecule has 0 atom stereocenters. The van der Waals surface area contributed by atoms with Crippen molar-refractivity contribution in [3.63, 3.8) is 0 Å². The third-order valence-corrected chi connectivity index (χ3v) is 6.05. The molecule has 0 saturated heterocycles. The van der Waals surface area contributed by atoms with Crippen LogP contribution in [0.2, 0.25) is 0 Å². The van der Waals surface area contributed by atoms with Crippen LogP contribution >= 0.6 is 0 Å². The summed E-state index contributed by atoms with van der Waals surface area (Å²) in [4.78, 5) is 60.9. The van der Waals surface area contributed by atoms with E-state index in [2.05, 4.69) is 21.8 Å². The van der Waals surface area contributed by atoms with Crippen LogP contribution in [-0.4, -0.2) is 89.7 Å². The number of aryl methyl sites for hydroxylation is 1. The number of Topliss-reactive ketones (excluding diaryl/α,β-unsaturated/α-hetero) is 1. The summed E-state index contributed by atoms with van der Waals surface area (Å²) in [6, 6.07) is 13.8. The van der Waals surface area contributed by atoms with Gasteiger partial charge in [0.25, 0.3) is 0 Å². The molecule has 0 bridgehead atoms. The number of fused-ring (bicyclic) bond motifs is 1. The van der Waals surface area contributed by atoms with Crippen molar-refractivity contribution in [3.8, 4) is 17.7 Å². The zero-order chi connectivity index (χ0) is 38.9. The lowest BCUT2D eigenvalue weighted by Gasteiger charge is -2.19. The number of carbonyl (C=O) groups is 5. The molecule has 1 aromatic heterocycles. The van der Waals surface area contributed by atoms with Gasteiger partial charge in [-0.15, -0.1) is 0 Å². The highest BCUT2D eigenvalue weighted by Crippen LogP contribution is 2.29. The van der Waals surface area contributed by atoms with Crippen molar-refractivity contribution in [1.82, 2.24) is 14.8 Å². The normalized spacial score (nSPS) is 9.63. The summed E-state index contributed by atoms with van der Waals surface area (Å²) in [5.41, 5.74) is 4.10. The summed E-state index contributed by atoms with van der Waals surface area (Å²) in [5.74, 6) is 6.14. The zero-order valence-corrected chi connectivity index (χ0v) is 31.7. The minimum absolute atomic E-state index is 0. The minimum Gasteiger partial charge on any atom is -0.494 e. The van der Waals surface area contributed by atoms with E-state index in [1.54, 1.807) is 20.3 Å². The molecule has 3 rings (SSSR count). The van der Waals surface area contributed by atoms with Crippen LogP contribution in [0.5, 0.6) is 5.88 Å². The monoisotopic (exact) mass is 708 g/mol. The Bertz CT molecular complexity index is 1580. The number of aromatic hydroxyl groups is 1. The van der Waals surface area contributed by atoms with Gasteiger partial charge in [0.1, 0.15) is 18.2 Å². The zero-order valence-electron chi connectivity index (χ0n) is 31.7. The molecule has 0 radical (unpaired) electrons. The van der Waals surface area contributed by atoms with E-state index in [0.717, 1.165) is 34.1 Å². The lowest BCUT2D eigenvalue weighted by atomic mass is 10.1. The SMILES string of the molecule is C.C=O.CC.CC(=O)CCCN(C)C(=O)CN(C)C=O.CC(=O)OC(C)(C)C.CCC#Cc1cccc2[nH]c(O)c(C=Nc3cccc(C)c3)c12. The Balaban J connectivity index is -0.000000713. The van der Waals surface area contributed by atoms with Crippen LogP contribution in [0.4, 0.5) is 5.69 Å². The molecule has 0 spiro atoms. The Morgan fingerprint density at radius 1 is 1.06 bits per heavy atom. The predicted molar refractivity (Wildman–Crippen MR) is 209 cm³/mol. The number of nitrogens with zero attached hydrogens (tertiary/aromatic N) is 3. The van der Waals surface area contributed by atoms with Crippen LogP contribution in [0.1, 0.15) is 98.8 Å². The maximum absolute atomic E-state index is 11.4. The number of likely N-dealkylation sites (N-methyl/N-ethyl adjacent to an activating group) is 2. The number of hydrogen-bond donors (Lipinski definition) is 2. The molecule has 2 aromatic carbocycles. The number of aliphatic imine (C=N–C) groups is 1. The molecule has 3 aromatic rings. The number of carbonyl (C=O) groups excluding carboxylic acids is 5. The first-order chi connectivity index (χ1) is 23.6. The van der Waals surface area contributed by atoms with E-state index in [1.807, 2.05) is 97.7 Å². The highest BCUT2D eigenvalue weighted by molar-refractivity contribution is 6.05. The van der Waals surface area contributed by atoms with Gasteiger partial charge in [-0.3, -0.25) is 19.4 Å². The number of hydrogen-bond acceptors (Lipinski definition) is 8. The number of aromatic amines is 1. The van der Waals surface area contributed by atoms with Gasteiger partial charge in [-0.2, -0.15) is 0 Å². The van der Waals surface area contributed by atoms with E-state index in [1.165, 1.54) is 23.6 Å². The topological polar surface area (TPSA) is 149 Å². The first-order valence-electron chi connectivity index (χ1n) is 16.4. The van der Waals surface area contributed by atoms with Crippen molar-refractivity contribution in [1.29, 1.82) is 0 Å². The lowest BCUT2D eigenvalue weighted by Crippen LogP contribution is -2.36. The molecule has 0 fully saturated rings. The summed E-state index contributed by atoms with van der Waals surface area (Å²) in [6.07, 6.45) is 4.25. The van der Waals surface area contributed by atoms with Crippen LogP contribution in [0.3, 0.4) is 0 Å². The van der Waals surface area contributed by atoms with Crippen LogP contribution in [-0.2, 0) is 28.7 Å². The highest BCUT2D eigenvalue weighted by atomic mass is 16.6. The maximum Gasteiger partial charge on any atom is 0.303 e. The van der Waals surface area contributed by atoms with Crippen LogP contribution in [0, 0.1) is 18.8 Å². The number of rotatable bonds is 9. The molecule has 0 aliphatic rings. The molecule has 2 amide bonds. The van der Waals surface area contributed by atoms with Crippen molar-refractivity contribution >= 4 is 53.7 Å². The molecule has 0 aliphatic heterocycles. The van der Waals surface area contributed by atoms with E-state index in [-0.39, 0.29) is 43.1 Å². The van der Waals surface area contributed by atoms with Crippen LogP contribution < -0.4 is 0 Å². The number of esters is 1. The number of benzene rings is 2. The molecule has 282 valence electrons. The average Bonchev–Trinajstić information content (AvgIpc) is 3.39. The second kappa shape index (κ2) is 27.6. The Labute approximate surface area is 305 Å². The summed E-state index contributed by atoms with van der Waals surface area (Å²) < 4.78 is 4.80. The van der Waals surface area contributed by atoms with Gasteiger partial charge in [0.05, 0.1) is 23.3 Å². The second-order valence-corrected chi connectivity index (χ2v) is 11.7. The van der Waals surface area contributed by atoms with Gasteiger partial charge >= 0.3 is 5.97 Å². The van der Waals surface area contributed by atoms with Crippen LogP contribution in [0.15, 0.2) is 47.5 Å². The molecule has 51 heavy (non-hydrogen) atoms. The number of H-pyrrole nitrogens is 1. The summed E-state index contributed by atoms with van der Waals surface area (Å²) in [7, 11) is 3.22. The Morgan fingerprint density at radius 2 is 1.67 bits per heavy atom. The third kappa shape index (κ3) is 22.2. The van der Waals surface area contributed by atoms with Crippen molar-refractivity contribution < 1.29 is 33.8 Å². The van der Waals surface area contributed by atoms with E-state index in [9.17, 15) is 24.3 Å². The van der Waals surface area contributed by atoms with Crippen LogP contribution in [0.25, 0.3) is 10.9 Å². The molecular formula is C40H60N4O7. The van der Waals surface area contributed by atoms with Gasteiger partial charge in [0.2, 0.25) is 12.3 Å². The van der Waals surface area contributed by atoms with Gasteiger partial charge in [-0.05, 0) is 70.9 Å². The first kappa shape index (κ1) is 50.1. The number of ether oxygens (including phenoxy) is 1. The second-order valence-electron chi connectivity index (χ2n) is 11.7. The third-order valence-electron chi connectivity index (χ3n) is 6.05. The highest BCUT2D eigenvalue weighted by Gasteiger charge is 2.13. The maximum atomic E-state index is 11.4. The standard InChI is InChI=1S/C20H18N2O.C10H18N2O3.C6H12O2.C2H6.CH2O.CH4/c1-3-4-8-15-9-6-11-18-19(15)17(20(23)22-18)13-21-16-10-5-7-14(2)12-16;1-9(14)5-4-6-12(3)10(15)7-11(2)8-13;1-5(7)8-6(2,3)4;2*1-2;/h5-7,9-13,22-23H,3H2,1-2H3;8H,4-7H2,1-3H3;1-4H3;1-2H3;1H2;1H4. The summed E-state index contributed by atoms with van der Waals surface area (Å²) >= 11 is 0. The van der Waals surface area contributed by atoms with Gasteiger partial charge < -0.3 is 34.2 Å². The molecule has 0 saturated carbocycles. The summed E-state index contributed by atoms with van der Waals surface area (Å²) in [6.45, 7) is 19.1. The van der Waals surface area contributed by atoms with E-state index in [0.29, 0.717) is 31.4 Å². The van der Waals surface area contributed by atoms with Gasteiger partial charge in [0, 0.05) is 57.6 Å². The molecular weight excluding hydrogens is 648 g/mol. The molecule has 0 aliphatic carbocycles. The predicted octanol–water partition coefficient (Wildman–Crippen LogP) is 7.42. The smallest absolute Gasteiger partial charge is 0.303 e. The molecule has 11 nitrogen and oxygen atoms in total. The first-order valence-corrected chi connectivity index (χ1v) is 16.4. The van der Waals surface area contributed by atoms with Crippen molar-refractivity contribution in [2.24, 2.45) is 4.99 Å². The Kier molecular flexibility index (Phi) is 27.1. The molecule has 0 unspecified atom stereocenters. The Hall–Kier alpha value is -5.24. The minimum atomic E-state index is -0.328. The Morgan fingerprint density at radius 3 is 2.16 bits per heavy atom. The average molecular weight is 709 g/mol. The van der Waals surface area contributed by atoms with Gasteiger partial charge in [0.15, 0.2) is 5.88 Å². The van der Waals surface area contributed by atoms with Crippen molar-refractivity contribution in [3.05, 3.63) is 59.2 Å². The lowest BCUT2D eigenvalue weighted by molar-refractivity contribution is -0.152. The number of amides is 2. The van der Waals surface area contributed by atoms with E-state index in [4.69, 9.17) is 9.53 Å². The van der Waals surface area contributed by atoms with Gasteiger partial charge in [-0.25, -0.2) is 0 Å². The van der Waals surface area contributed by atoms with Crippen molar-refractivity contribution in [2.75, 3.05) is 27.2 Å². The quantitative estimate of drug-likeness (QED) is 0.102.